The van der Waals surface area contributed by atoms with Crippen molar-refractivity contribution in [2.75, 3.05) is 29.6 Å². The number of aryl methyl sites for hydroxylation is 1. The number of fused-ring (bicyclic) bond motifs is 1. The van der Waals surface area contributed by atoms with Gasteiger partial charge in [-0.25, -0.2) is 18.1 Å². The number of rotatable bonds is 8. The van der Waals surface area contributed by atoms with Gasteiger partial charge in [-0.05, 0) is 55.8 Å². The fourth-order valence-corrected chi connectivity index (χ4v) is 5.44. The number of hydrogen-bond acceptors (Lipinski definition) is 9. The summed E-state index contributed by atoms with van der Waals surface area (Å²) in [4.78, 5) is 44.2. The zero-order chi connectivity index (χ0) is 31.8. The van der Waals surface area contributed by atoms with E-state index in [4.69, 9.17) is 4.74 Å². The van der Waals surface area contributed by atoms with Crippen molar-refractivity contribution in [2.24, 2.45) is 7.05 Å². The highest BCUT2D eigenvalue weighted by Crippen LogP contribution is 2.36. The van der Waals surface area contributed by atoms with Crippen molar-refractivity contribution >= 4 is 45.3 Å². The molecule has 0 bridgehead atoms. The van der Waals surface area contributed by atoms with Gasteiger partial charge in [-0.2, -0.15) is 5.10 Å². The van der Waals surface area contributed by atoms with Crippen molar-refractivity contribution in [3.8, 4) is 17.0 Å². The second kappa shape index (κ2) is 11.5. The number of sulfone groups is 1. The summed E-state index contributed by atoms with van der Waals surface area (Å²) >= 11 is 0. The van der Waals surface area contributed by atoms with Gasteiger partial charge in [0.1, 0.15) is 30.1 Å². The minimum absolute atomic E-state index is 0.0557. The van der Waals surface area contributed by atoms with Crippen LogP contribution in [0.3, 0.4) is 0 Å². The smallest absolute Gasteiger partial charge is 0.290 e. The first-order valence-corrected chi connectivity index (χ1v) is 15.6. The lowest BCUT2D eigenvalue weighted by molar-refractivity contribution is -0.111. The molecule has 1 aliphatic rings. The Kier molecular flexibility index (Phi) is 7.96. The summed E-state index contributed by atoms with van der Waals surface area (Å²) in [5.74, 6) is 0.417. The molecule has 44 heavy (non-hydrogen) atoms. The van der Waals surface area contributed by atoms with Crippen molar-refractivity contribution in [2.45, 2.75) is 24.2 Å². The third-order valence-electron chi connectivity index (χ3n) is 7.41. The number of benzene rings is 2. The zero-order valence-electron chi connectivity index (χ0n) is 24.7. The molecule has 12 heteroatoms. The van der Waals surface area contributed by atoms with Gasteiger partial charge in [-0.15, -0.1) is 0 Å². The number of aldehydes is 1. The van der Waals surface area contributed by atoms with Crippen LogP contribution in [0.25, 0.3) is 17.3 Å². The molecule has 0 unspecified atom stereocenters. The van der Waals surface area contributed by atoms with Gasteiger partial charge in [0.05, 0.1) is 28.4 Å². The number of nitrogens with zero attached hydrogens (tertiary/aromatic N) is 4. The molecule has 0 saturated carbocycles. The number of ether oxygens (including phenoxy) is 1. The van der Waals surface area contributed by atoms with E-state index in [-0.39, 0.29) is 35.5 Å². The van der Waals surface area contributed by atoms with Gasteiger partial charge >= 0.3 is 0 Å². The topological polar surface area (TPSA) is 141 Å². The Morgan fingerprint density at radius 1 is 1.07 bits per heavy atom. The fraction of sp³-hybridized carbons (Fsp3) is 0.219. The van der Waals surface area contributed by atoms with Crippen molar-refractivity contribution in [1.82, 2.24) is 14.8 Å². The maximum absolute atomic E-state index is 13.9. The summed E-state index contributed by atoms with van der Waals surface area (Å²) in [6.45, 7) is 8.08. The van der Waals surface area contributed by atoms with E-state index in [1.165, 1.54) is 30.1 Å². The first-order valence-electron chi connectivity index (χ1n) is 13.7. The normalized spacial score (nSPS) is 13.5. The van der Waals surface area contributed by atoms with Gasteiger partial charge in [-0.3, -0.25) is 9.59 Å². The summed E-state index contributed by atoms with van der Waals surface area (Å²) in [7, 11) is -1.91. The average molecular weight is 614 g/mol. The van der Waals surface area contributed by atoms with Crippen LogP contribution in [0, 0.1) is 0 Å². The Labute approximate surface area is 254 Å². The molecule has 226 valence electrons. The summed E-state index contributed by atoms with van der Waals surface area (Å²) in [5, 5.41) is 7.42. The molecule has 2 aromatic carbocycles. The van der Waals surface area contributed by atoms with E-state index < -0.39 is 20.8 Å². The Balaban J connectivity index is 1.53. The van der Waals surface area contributed by atoms with E-state index in [0.29, 0.717) is 33.8 Å². The SMILES string of the molecule is C=Cc1c(-c2cc(Nc3ccc(S(C)(=O)=O)cn3)c(=O)n(C)n2)cccc1N1CCOc2cc(C(C)(C)C=O)ccc2C1=O. The van der Waals surface area contributed by atoms with Gasteiger partial charge in [0.15, 0.2) is 9.84 Å². The predicted octanol–water partition coefficient (Wildman–Crippen LogP) is 4.15. The molecule has 11 nitrogen and oxygen atoms in total. The lowest BCUT2D eigenvalue weighted by Gasteiger charge is -2.24. The third-order valence-corrected chi connectivity index (χ3v) is 8.51. The van der Waals surface area contributed by atoms with E-state index in [1.807, 2.05) is 12.1 Å². The molecule has 1 N–H and O–H groups in total. The van der Waals surface area contributed by atoms with Crippen LogP contribution in [0.5, 0.6) is 5.75 Å². The van der Waals surface area contributed by atoms with E-state index >= 15 is 0 Å². The molecule has 0 atom stereocenters. The molecule has 0 spiro atoms. The second-order valence-electron chi connectivity index (χ2n) is 10.9. The molecule has 0 saturated heterocycles. The third kappa shape index (κ3) is 5.76. The Morgan fingerprint density at radius 3 is 2.50 bits per heavy atom. The van der Waals surface area contributed by atoms with Crippen LogP contribution in [0.1, 0.15) is 35.3 Å². The largest absolute Gasteiger partial charge is 0.491 e. The molecule has 5 rings (SSSR count). The van der Waals surface area contributed by atoms with Crippen LogP contribution in [0.2, 0.25) is 0 Å². The van der Waals surface area contributed by atoms with Gasteiger partial charge in [0.25, 0.3) is 11.5 Å². The molecule has 1 amide bonds. The van der Waals surface area contributed by atoms with Crippen LogP contribution < -0.4 is 20.5 Å². The summed E-state index contributed by atoms with van der Waals surface area (Å²) < 4.78 is 30.7. The van der Waals surface area contributed by atoms with Crippen molar-refractivity contribution in [3.63, 3.8) is 0 Å². The fourth-order valence-electron chi connectivity index (χ4n) is 4.88. The van der Waals surface area contributed by atoms with E-state index in [0.717, 1.165) is 18.1 Å². The van der Waals surface area contributed by atoms with Crippen molar-refractivity contribution in [1.29, 1.82) is 0 Å². The van der Waals surface area contributed by atoms with Crippen LogP contribution in [-0.2, 0) is 27.1 Å². The van der Waals surface area contributed by atoms with E-state index in [9.17, 15) is 22.8 Å². The van der Waals surface area contributed by atoms with Crippen LogP contribution in [0.15, 0.2) is 77.1 Å². The quantitative estimate of drug-likeness (QED) is 0.290. The summed E-state index contributed by atoms with van der Waals surface area (Å²) in [6.07, 6.45) is 4.80. The van der Waals surface area contributed by atoms with Crippen LogP contribution in [0.4, 0.5) is 17.2 Å². The monoisotopic (exact) mass is 613 g/mol. The first-order chi connectivity index (χ1) is 20.8. The van der Waals surface area contributed by atoms with Crippen LogP contribution in [-0.4, -0.2) is 54.8 Å². The molecular formula is C32H31N5O6S. The highest BCUT2D eigenvalue weighted by Gasteiger charge is 2.29. The van der Waals surface area contributed by atoms with Gasteiger partial charge in [-0.1, -0.05) is 30.9 Å². The lowest BCUT2D eigenvalue weighted by Crippen LogP contribution is -2.33. The highest BCUT2D eigenvalue weighted by atomic mass is 32.2. The number of carbonyl (C=O) groups excluding carboxylic acids is 2. The van der Waals surface area contributed by atoms with Gasteiger partial charge in [0.2, 0.25) is 0 Å². The number of anilines is 3. The first kappa shape index (κ1) is 30.4. The summed E-state index contributed by atoms with van der Waals surface area (Å²) in [6, 6.07) is 15.0. The summed E-state index contributed by atoms with van der Waals surface area (Å²) in [5.41, 5.74) is 2.38. The number of hydrogen-bond donors (Lipinski definition) is 1. The molecule has 1 aliphatic heterocycles. The average Bonchev–Trinajstić information content (AvgIpc) is 3.16. The second-order valence-corrected chi connectivity index (χ2v) is 13.0. The number of pyridine rings is 1. The number of carbonyl (C=O) groups is 2. The molecule has 2 aromatic heterocycles. The predicted molar refractivity (Wildman–Crippen MR) is 168 cm³/mol. The minimum Gasteiger partial charge on any atom is -0.491 e. The number of amides is 1. The molecule has 0 fully saturated rings. The minimum atomic E-state index is -3.43. The molecule has 4 aromatic rings. The van der Waals surface area contributed by atoms with Crippen molar-refractivity contribution in [3.05, 3.63) is 94.4 Å². The Morgan fingerprint density at radius 2 is 1.84 bits per heavy atom. The zero-order valence-corrected chi connectivity index (χ0v) is 25.5. The van der Waals surface area contributed by atoms with Crippen LogP contribution >= 0.6 is 0 Å². The Bertz CT molecular complexity index is 1970. The standard InChI is InChI=1S/C32H31N5O6S/c1-6-22-23(25-17-26(31(40)36(4)35-25)34-29-13-11-21(18-33-29)44(5,41)42)8-7-9-27(22)37-14-15-43-28-16-20(32(2,3)19-38)10-12-24(28)30(37)39/h6-13,16-19H,1,14-15H2,2-5H3,(H,33,34). The lowest BCUT2D eigenvalue weighted by atomic mass is 9.85. The van der Waals surface area contributed by atoms with Gasteiger partial charge in [0, 0.05) is 36.0 Å². The maximum atomic E-state index is 13.9. The molecular weight excluding hydrogens is 582 g/mol. The number of aromatic nitrogens is 3. The number of nitrogens with one attached hydrogen (secondary N) is 1. The van der Waals surface area contributed by atoms with E-state index in [1.54, 1.807) is 55.2 Å². The maximum Gasteiger partial charge on any atom is 0.290 e. The highest BCUT2D eigenvalue weighted by molar-refractivity contribution is 7.90. The molecule has 0 radical (unpaired) electrons. The Hall–Kier alpha value is -5.10. The molecule has 0 aliphatic carbocycles. The van der Waals surface area contributed by atoms with Crippen molar-refractivity contribution < 1.29 is 22.7 Å². The van der Waals surface area contributed by atoms with Gasteiger partial charge < -0.3 is 19.7 Å². The molecule has 3 heterocycles. The van der Waals surface area contributed by atoms with E-state index in [2.05, 4.69) is 22.0 Å².